The molecule has 48 valence electrons. The van der Waals surface area contributed by atoms with E-state index < -0.39 is 0 Å². The van der Waals surface area contributed by atoms with Crippen molar-refractivity contribution in [3.05, 3.63) is 0 Å². The Morgan fingerprint density at radius 2 is 0.333 bits per heavy atom. The van der Waals surface area contributed by atoms with E-state index in [1.165, 1.54) is 0 Å². The Balaban J connectivity index is 0. The van der Waals surface area contributed by atoms with Gasteiger partial charge in [0.05, 0.1) is 0 Å². The number of hydrogen-bond acceptors (Lipinski definition) is 0. The zero-order chi connectivity index (χ0) is 0. The van der Waals surface area contributed by atoms with Crippen molar-refractivity contribution in [2.45, 2.75) is 0 Å². The molecule has 0 aromatic heterocycles. The molecule has 0 saturated heterocycles. The van der Waals surface area contributed by atoms with Crippen LogP contribution in [0.15, 0.2) is 0 Å². The van der Waals surface area contributed by atoms with Gasteiger partial charge in [-0.1, -0.05) is 0 Å². The molecule has 0 saturated carbocycles. The second-order valence-corrected chi connectivity index (χ2v) is 0. The Morgan fingerprint density at radius 1 is 0.333 bits per heavy atom. The fourth-order valence-corrected chi connectivity index (χ4v) is 0. The van der Waals surface area contributed by atoms with E-state index in [1.54, 1.807) is 0 Å². The average molecular weight is 193 g/mol. The molecule has 0 atom stereocenters. The monoisotopic (exact) mass is 192 g/mol. The molecule has 0 radical (unpaired) electrons. The molecule has 0 spiro atoms. The molecule has 0 aromatic carbocycles. The average Bonchev–Trinajstić information content (AvgIpc) is 0. The summed E-state index contributed by atoms with van der Waals surface area (Å²) in [5, 5.41) is 0. The molecule has 0 aliphatic carbocycles. The van der Waals surface area contributed by atoms with Gasteiger partial charge in [-0.25, -0.2) is 0 Å². The van der Waals surface area contributed by atoms with Crippen molar-refractivity contribution in [2.24, 2.45) is 0 Å². The third kappa shape index (κ3) is 129. The summed E-state index contributed by atoms with van der Waals surface area (Å²) in [7, 11) is 0. The quantitative estimate of drug-likeness (QED) is 0.265. The zero-order valence-electron chi connectivity index (χ0n) is 2.14. The van der Waals surface area contributed by atoms with Crippen LogP contribution < -0.4 is 18.8 Å². The molecule has 0 bridgehead atoms. The minimum absolute atomic E-state index is 0. The van der Waals surface area contributed by atoms with Crippen molar-refractivity contribution < 1.29 is 51.8 Å². The first kappa shape index (κ1) is 437. The Hall–Kier alpha value is 0.707. The molecule has 0 aliphatic heterocycles. The number of hydrogen-bond donors (Lipinski definition) is 0. The summed E-state index contributed by atoms with van der Waals surface area (Å²) in [6, 6.07) is 0. The second-order valence-electron chi connectivity index (χ2n) is 0. The standard InChI is InChI=1S/4FH.2Ni/h4*1H;;/q;;;;2*+2/p-4. The Labute approximate surface area is 52.4 Å². The minimum Gasteiger partial charge on any atom is -1.00 e. The van der Waals surface area contributed by atoms with E-state index in [1.807, 2.05) is 0 Å². The van der Waals surface area contributed by atoms with Crippen LogP contribution in [0.3, 0.4) is 0 Å². The zero-order valence-corrected chi connectivity index (χ0v) is 4.12. The summed E-state index contributed by atoms with van der Waals surface area (Å²) >= 11 is 0. The van der Waals surface area contributed by atoms with Gasteiger partial charge >= 0.3 is 33.0 Å². The van der Waals surface area contributed by atoms with Crippen molar-refractivity contribution in [1.82, 2.24) is 0 Å². The van der Waals surface area contributed by atoms with Gasteiger partial charge in [-0.15, -0.1) is 0 Å². The van der Waals surface area contributed by atoms with E-state index in [2.05, 4.69) is 0 Å². The maximum absolute atomic E-state index is 0. The fraction of sp³-hybridized carbons (Fsp3) is 0. The number of halogens is 4. The van der Waals surface area contributed by atoms with E-state index in [-0.39, 0.29) is 51.8 Å². The topological polar surface area (TPSA) is 0 Å². The van der Waals surface area contributed by atoms with E-state index in [0.29, 0.717) is 0 Å². The van der Waals surface area contributed by atoms with Crippen molar-refractivity contribution in [3.63, 3.8) is 0 Å². The molecular formula is F4Ni2. The van der Waals surface area contributed by atoms with Crippen LogP contribution in [0.5, 0.6) is 0 Å². The maximum atomic E-state index is 0. The Morgan fingerprint density at radius 3 is 0.333 bits per heavy atom. The predicted molar refractivity (Wildman–Crippen MR) is 0 cm³/mol. The molecule has 6 heteroatoms. The molecule has 0 amide bonds. The molecule has 0 unspecified atom stereocenters. The SMILES string of the molecule is [F-].[F-].[F-].[F-].[Ni+2].[Ni+2]. The van der Waals surface area contributed by atoms with Gasteiger partial charge < -0.3 is 18.8 Å². The molecule has 0 rings (SSSR count). The predicted octanol–water partition coefficient (Wildman–Crippen LogP) is -12.0. The van der Waals surface area contributed by atoms with Crippen LogP contribution in [0, 0.1) is 0 Å². The van der Waals surface area contributed by atoms with Gasteiger partial charge in [0.1, 0.15) is 0 Å². The summed E-state index contributed by atoms with van der Waals surface area (Å²) in [4.78, 5) is 0. The molecule has 0 aliphatic rings. The molecule has 0 nitrogen and oxygen atoms in total. The van der Waals surface area contributed by atoms with Crippen LogP contribution in [-0.2, 0) is 33.0 Å². The summed E-state index contributed by atoms with van der Waals surface area (Å²) in [5.41, 5.74) is 0. The summed E-state index contributed by atoms with van der Waals surface area (Å²) in [6.45, 7) is 0. The van der Waals surface area contributed by atoms with Gasteiger partial charge in [0.2, 0.25) is 0 Å². The van der Waals surface area contributed by atoms with Crippen molar-refractivity contribution in [1.29, 1.82) is 0 Å². The van der Waals surface area contributed by atoms with Gasteiger partial charge in [-0.05, 0) is 0 Å². The smallest absolute Gasteiger partial charge is 1.00 e. The van der Waals surface area contributed by atoms with Gasteiger partial charge in [0, 0.05) is 0 Å². The third-order valence-corrected chi connectivity index (χ3v) is 0. The van der Waals surface area contributed by atoms with Gasteiger partial charge in [0.15, 0.2) is 0 Å². The first-order valence-electron chi connectivity index (χ1n) is 0. The molecule has 0 N–H and O–H groups in total. The van der Waals surface area contributed by atoms with Crippen LogP contribution in [0.2, 0.25) is 0 Å². The summed E-state index contributed by atoms with van der Waals surface area (Å²) in [6.07, 6.45) is 0. The second kappa shape index (κ2) is 253. The van der Waals surface area contributed by atoms with Gasteiger partial charge in [-0.3, -0.25) is 0 Å². The van der Waals surface area contributed by atoms with Gasteiger partial charge in [-0.2, -0.15) is 0 Å². The first-order chi connectivity index (χ1) is 0. The van der Waals surface area contributed by atoms with E-state index in [4.69, 9.17) is 0 Å². The third-order valence-electron chi connectivity index (χ3n) is 0. The molecular weight excluding hydrogens is 193 g/mol. The van der Waals surface area contributed by atoms with Gasteiger partial charge in [0.25, 0.3) is 0 Å². The van der Waals surface area contributed by atoms with Crippen LogP contribution in [0.4, 0.5) is 0 Å². The Bertz CT molecular complexity index is 5.51. The van der Waals surface area contributed by atoms with Crippen molar-refractivity contribution >= 4 is 0 Å². The Kier molecular flexibility index (Phi) is 18400. The van der Waals surface area contributed by atoms with Crippen molar-refractivity contribution in [2.75, 3.05) is 0 Å². The van der Waals surface area contributed by atoms with Crippen molar-refractivity contribution in [3.8, 4) is 0 Å². The largest absolute Gasteiger partial charge is 2.00 e. The van der Waals surface area contributed by atoms with Crippen LogP contribution in [0.25, 0.3) is 0 Å². The van der Waals surface area contributed by atoms with Crippen LogP contribution in [0.1, 0.15) is 0 Å². The molecule has 0 heterocycles. The normalized spacial score (nSPS) is 0. The number of rotatable bonds is 0. The van der Waals surface area contributed by atoms with E-state index >= 15 is 0 Å². The first-order valence-corrected chi connectivity index (χ1v) is 0. The van der Waals surface area contributed by atoms with E-state index in [0.717, 1.165) is 0 Å². The molecule has 0 fully saturated rings. The minimum atomic E-state index is 0. The summed E-state index contributed by atoms with van der Waals surface area (Å²) in [5.74, 6) is 0. The van der Waals surface area contributed by atoms with Crippen LogP contribution >= 0.6 is 0 Å². The maximum Gasteiger partial charge on any atom is 2.00 e. The van der Waals surface area contributed by atoms with E-state index in [9.17, 15) is 0 Å². The van der Waals surface area contributed by atoms with Crippen LogP contribution in [-0.4, -0.2) is 0 Å². The summed E-state index contributed by atoms with van der Waals surface area (Å²) < 4.78 is 0. The molecule has 0 aromatic rings. The fourth-order valence-electron chi connectivity index (χ4n) is 0. The molecule has 6 heavy (non-hydrogen) atoms.